The third-order valence-corrected chi connectivity index (χ3v) is 4.51. The second kappa shape index (κ2) is 5.10. The first-order valence-corrected chi connectivity index (χ1v) is 7.22. The maximum atomic E-state index is 12.3. The smallest absolute Gasteiger partial charge is 0.260 e. The highest BCUT2D eigenvalue weighted by atomic mass is 32.2. The molecule has 0 spiro atoms. The van der Waals surface area contributed by atoms with Gasteiger partial charge in [0, 0.05) is 20.5 Å². The van der Waals surface area contributed by atoms with Gasteiger partial charge < -0.3 is 9.55 Å². The van der Waals surface area contributed by atoms with Crippen molar-refractivity contribution in [2.24, 2.45) is 7.05 Å². The van der Waals surface area contributed by atoms with E-state index in [0.717, 1.165) is 0 Å². The topological polar surface area (TPSA) is 96.8 Å². The molecule has 2 heterocycles. The molecule has 0 aliphatic heterocycles. The van der Waals surface area contributed by atoms with Gasteiger partial charge in [-0.2, -0.15) is 4.31 Å². The molecule has 0 atom stereocenters. The van der Waals surface area contributed by atoms with E-state index in [2.05, 4.69) is 20.2 Å². The second-order valence-corrected chi connectivity index (χ2v) is 6.18. The van der Waals surface area contributed by atoms with Gasteiger partial charge in [-0.15, -0.1) is 10.2 Å². The van der Waals surface area contributed by atoms with Crippen molar-refractivity contribution in [3.05, 3.63) is 24.2 Å². The number of sulfonamides is 1. The number of hydrogen-bond acceptors (Lipinski definition) is 5. The number of aromatic amines is 1. The Labute approximate surface area is 111 Å². The fourth-order valence-electron chi connectivity index (χ4n) is 1.56. The van der Waals surface area contributed by atoms with Crippen LogP contribution in [-0.4, -0.2) is 44.5 Å². The lowest BCUT2D eigenvalue weighted by atomic mass is 10.5. The molecule has 0 unspecified atom stereocenters. The van der Waals surface area contributed by atoms with Gasteiger partial charge in [-0.25, -0.2) is 13.4 Å². The van der Waals surface area contributed by atoms with E-state index in [0.29, 0.717) is 18.1 Å². The number of nitrogens with zero attached hydrogens (tertiary/aromatic N) is 5. The number of hydrogen-bond donors (Lipinski definition) is 1. The summed E-state index contributed by atoms with van der Waals surface area (Å²) in [4.78, 5) is 6.80. The summed E-state index contributed by atoms with van der Waals surface area (Å²) in [6.07, 6.45) is 3.52. The summed E-state index contributed by atoms with van der Waals surface area (Å²) in [6, 6.07) is 0. The van der Waals surface area contributed by atoms with Gasteiger partial charge >= 0.3 is 0 Å². The maximum absolute atomic E-state index is 12.3. The zero-order valence-electron chi connectivity index (χ0n) is 11.0. The lowest BCUT2D eigenvalue weighted by molar-refractivity contribution is 0.448. The quantitative estimate of drug-likeness (QED) is 0.828. The summed E-state index contributed by atoms with van der Waals surface area (Å²) >= 11 is 0. The Balaban J connectivity index is 2.22. The minimum absolute atomic E-state index is 0.0917. The van der Waals surface area contributed by atoms with Crippen LogP contribution >= 0.6 is 0 Å². The zero-order chi connectivity index (χ0) is 14.0. The minimum Gasteiger partial charge on any atom is -0.332 e. The second-order valence-electron chi connectivity index (χ2n) is 4.17. The van der Waals surface area contributed by atoms with Crippen molar-refractivity contribution in [3.8, 4) is 0 Å². The molecular weight excluding hydrogens is 268 g/mol. The number of nitrogens with one attached hydrogen (secondary N) is 1. The third kappa shape index (κ3) is 2.66. The van der Waals surface area contributed by atoms with Crippen molar-refractivity contribution in [1.82, 2.24) is 29.0 Å². The highest BCUT2D eigenvalue weighted by Crippen LogP contribution is 2.14. The van der Waals surface area contributed by atoms with Gasteiger partial charge in [-0.3, -0.25) is 0 Å². The standard InChI is InChI=1S/C10H16N6O2S/c1-4-8-11-5-10(13-8)19(17,18)16(3)6-9-14-12-7-15(9)2/h5,7H,4,6H2,1-3H3,(H,11,13). The summed E-state index contributed by atoms with van der Waals surface area (Å²) in [7, 11) is -0.325. The van der Waals surface area contributed by atoms with Crippen LogP contribution < -0.4 is 0 Å². The normalized spacial score (nSPS) is 12.2. The summed E-state index contributed by atoms with van der Waals surface area (Å²) < 4.78 is 27.5. The lowest BCUT2D eigenvalue weighted by Crippen LogP contribution is -2.28. The Morgan fingerprint density at radius 2 is 2.21 bits per heavy atom. The largest absolute Gasteiger partial charge is 0.332 e. The molecule has 2 aromatic heterocycles. The molecule has 19 heavy (non-hydrogen) atoms. The molecule has 0 saturated carbocycles. The van der Waals surface area contributed by atoms with E-state index in [-0.39, 0.29) is 11.6 Å². The van der Waals surface area contributed by atoms with E-state index in [1.165, 1.54) is 23.9 Å². The minimum atomic E-state index is -3.59. The molecule has 0 bridgehead atoms. The van der Waals surface area contributed by atoms with Crippen LogP contribution in [0.1, 0.15) is 18.6 Å². The van der Waals surface area contributed by atoms with Crippen LogP contribution in [0.4, 0.5) is 0 Å². The van der Waals surface area contributed by atoms with Crippen LogP contribution in [0.25, 0.3) is 0 Å². The van der Waals surface area contributed by atoms with Crippen LogP contribution in [0.3, 0.4) is 0 Å². The number of aromatic nitrogens is 5. The summed E-state index contributed by atoms with van der Waals surface area (Å²) in [5.74, 6) is 1.21. The monoisotopic (exact) mass is 284 g/mol. The van der Waals surface area contributed by atoms with Crippen molar-refractivity contribution in [2.75, 3.05) is 7.05 Å². The molecule has 104 valence electrons. The Bertz CT molecular complexity index is 659. The third-order valence-electron chi connectivity index (χ3n) is 2.80. The van der Waals surface area contributed by atoms with E-state index < -0.39 is 10.0 Å². The molecule has 8 nitrogen and oxygen atoms in total. The van der Waals surface area contributed by atoms with Crippen LogP contribution in [0.2, 0.25) is 0 Å². The Morgan fingerprint density at radius 3 is 2.74 bits per heavy atom. The number of rotatable bonds is 5. The van der Waals surface area contributed by atoms with Gasteiger partial charge in [0.05, 0.1) is 12.7 Å². The number of imidazole rings is 1. The van der Waals surface area contributed by atoms with E-state index >= 15 is 0 Å². The van der Waals surface area contributed by atoms with Crippen molar-refractivity contribution in [2.45, 2.75) is 24.9 Å². The van der Waals surface area contributed by atoms with Gasteiger partial charge in [0.25, 0.3) is 10.0 Å². The van der Waals surface area contributed by atoms with E-state index in [4.69, 9.17) is 0 Å². The van der Waals surface area contributed by atoms with Crippen molar-refractivity contribution < 1.29 is 8.42 Å². The first-order chi connectivity index (χ1) is 8.95. The van der Waals surface area contributed by atoms with Crippen molar-refractivity contribution >= 4 is 10.0 Å². The van der Waals surface area contributed by atoms with Crippen LogP contribution in [0.15, 0.2) is 17.6 Å². The van der Waals surface area contributed by atoms with E-state index in [9.17, 15) is 8.42 Å². The molecule has 1 N–H and O–H groups in total. The molecule has 0 fully saturated rings. The van der Waals surface area contributed by atoms with Crippen LogP contribution in [0.5, 0.6) is 0 Å². The van der Waals surface area contributed by atoms with E-state index in [1.807, 2.05) is 6.92 Å². The highest BCUT2D eigenvalue weighted by molar-refractivity contribution is 7.89. The van der Waals surface area contributed by atoms with Crippen molar-refractivity contribution in [1.29, 1.82) is 0 Å². The Hall–Kier alpha value is -1.74. The predicted molar refractivity (Wildman–Crippen MR) is 67.6 cm³/mol. The molecule has 9 heteroatoms. The Kier molecular flexibility index (Phi) is 3.67. The fourth-order valence-corrected chi connectivity index (χ4v) is 2.61. The summed E-state index contributed by atoms with van der Waals surface area (Å²) in [6.45, 7) is 2.05. The summed E-state index contributed by atoms with van der Waals surface area (Å²) in [5.41, 5.74) is 0. The van der Waals surface area contributed by atoms with Gasteiger partial charge in [0.2, 0.25) is 0 Å². The summed E-state index contributed by atoms with van der Waals surface area (Å²) in [5, 5.41) is 7.68. The zero-order valence-corrected chi connectivity index (χ0v) is 11.8. The lowest BCUT2D eigenvalue weighted by Gasteiger charge is -2.14. The molecular formula is C10H16N6O2S. The molecule has 0 aliphatic carbocycles. The molecule has 0 aromatic carbocycles. The SMILES string of the molecule is CCc1ncc(S(=O)(=O)N(C)Cc2nncn2C)[nH]1. The number of H-pyrrole nitrogens is 1. The van der Waals surface area contributed by atoms with Gasteiger partial charge in [0.1, 0.15) is 18.0 Å². The van der Waals surface area contributed by atoms with Gasteiger partial charge in [0.15, 0.2) is 5.03 Å². The maximum Gasteiger partial charge on any atom is 0.260 e. The predicted octanol–water partition coefficient (Wildman–Crippen LogP) is -0.0787. The molecule has 2 rings (SSSR count). The first kappa shape index (κ1) is 13.7. The first-order valence-electron chi connectivity index (χ1n) is 5.78. The number of aryl methyl sites for hydroxylation is 2. The Morgan fingerprint density at radius 1 is 1.47 bits per heavy atom. The average molecular weight is 284 g/mol. The molecule has 0 radical (unpaired) electrons. The van der Waals surface area contributed by atoms with Crippen LogP contribution in [-0.2, 0) is 30.0 Å². The molecule has 0 amide bonds. The molecule has 2 aromatic rings. The average Bonchev–Trinajstić information content (AvgIpc) is 2.99. The van der Waals surface area contributed by atoms with Gasteiger partial charge in [-0.1, -0.05) is 6.92 Å². The van der Waals surface area contributed by atoms with Crippen molar-refractivity contribution in [3.63, 3.8) is 0 Å². The molecule has 0 saturated heterocycles. The molecule has 0 aliphatic rings. The van der Waals surface area contributed by atoms with Crippen LogP contribution in [0, 0.1) is 0 Å². The fraction of sp³-hybridized carbons (Fsp3) is 0.500. The van der Waals surface area contributed by atoms with E-state index in [1.54, 1.807) is 11.6 Å². The highest BCUT2D eigenvalue weighted by Gasteiger charge is 2.24. The van der Waals surface area contributed by atoms with Gasteiger partial charge in [-0.05, 0) is 0 Å².